The normalized spacial score (nSPS) is 18.5. The number of carbonyl (C=O) groups is 2. The van der Waals surface area contributed by atoms with Crippen LogP contribution in [0, 0.1) is 12.8 Å². The summed E-state index contributed by atoms with van der Waals surface area (Å²) < 4.78 is 1.71. The Labute approximate surface area is 195 Å². The third-order valence-corrected chi connectivity index (χ3v) is 6.70. The van der Waals surface area contributed by atoms with Crippen molar-refractivity contribution in [2.45, 2.75) is 58.4 Å². The smallest absolute Gasteiger partial charge is 0.254 e. The van der Waals surface area contributed by atoms with Crippen molar-refractivity contribution in [1.29, 1.82) is 0 Å². The molecule has 2 aromatic heterocycles. The number of nitrogens with one attached hydrogen (secondary N) is 2. The molecule has 33 heavy (non-hydrogen) atoms. The molecule has 1 aliphatic rings. The molecule has 0 aliphatic heterocycles. The Bertz CT molecular complexity index is 1160. The SMILES string of the molecule is Cc1c(C(=O)NCC2CCC(c3cc(C(=O)NC(C)C)c4ccccc4n3)CC2)cnn1C. The highest BCUT2D eigenvalue weighted by atomic mass is 16.2. The van der Waals surface area contributed by atoms with Crippen LogP contribution in [0.2, 0.25) is 0 Å². The summed E-state index contributed by atoms with van der Waals surface area (Å²) >= 11 is 0. The number of pyridine rings is 1. The summed E-state index contributed by atoms with van der Waals surface area (Å²) in [6.45, 7) is 6.52. The van der Waals surface area contributed by atoms with Crippen molar-refractivity contribution in [1.82, 2.24) is 25.4 Å². The fraction of sp³-hybridized carbons (Fsp3) is 0.462. The van der Waals surface area contributed by atoms with Crippen LogP contribution in [0.15, 0.2) is 36.5 Å². The zero-order chi connectivity index (χ0) is 23.5. The fourth-order valence-corrected chi connectivity index (χ4v) is 4.65. The van der Waals surface area contributed by atoms with Gasteiger partial charge in [0.15, 0.2) is 0 Å². The number of hydrogen-bond donors (Lipinski definition) is 2. The van der Waals surface area contributed by atoms with Crippen LogP contribution >= 0.6 is 0 Å². The molecule has 3 aromatic rings. The molecular formula is C26H33N5O2. The van der Waals surface area contributed by atoms with Crippen molar-refractivity contribution in [2.24, 2.45) is 13.0 Å². The zero-order valence-electron chi connectivity index (χ0n) is 19.9. The van der Waals surface area contributed by atoms with Crippen LogP contribution < -0.4 is 10.6 Å². The highest BCUT2D eigenvalue weighted by Gasteiger charge is 2.26. The quantitative estimate of drug-likeness (QED) is 0.595. The van der Waals surface area contributed by atoms with Crippen LogP contribution in [0.5, 0.6) is 0 Å². The van der Waals surface area contributed by atoms with Crippen LogP contribution in [0.3, 0.4) is 0 Å². The van der Waals surface area contributed by atoms with Crippen LogP contribution in [-0.2, 0) is 7.05 Å². The summed E-state index contributed by atoms with van der Waals surface area (Å²) in [6.07, 6.45) is 5.68. The molecule has 2 N–H and O–H groups in total. The molecule has 7 nitrogen and oxygen atoms in total. The third kappa shape index (κ3) is 5.07. The molecule has 1 fully saturated rings. The standard InChI is InChI=1S/C26H33N5O2/c1-16(2)29-26(33)21-13-24(30-23-8-6-5-7-20(21)23)19-11-9-18(10-12-19)14-27-25(32)22-15-28-31(4)17(22)3/h5-8,13,15-16,18-19H,9-12,14H2,1-4H3,(H,27,32)(H,29,33). The molecule has 0 spiro atoms. The number of amides is 2. The first-order valence-electron chi connectivity index (χ1n) is 11.8. The number of carbonyl (C=O) groups excluding carboxylic acids is 2. The molecule has 2 amide bonds. The minimum atomic E-state index is -0.0558. The van der Waals surface area contributed by atoms with Crippen LogP contribution in [0.25, 0.3) is 10.9 Å². The Hall–Kier alpha value is -3.22. The van der Waals surface area contributed by atoms with Crippen molar-refractivity contribution in [3.05, 3.63) is 59.0 Å². The molecule has 7 heteroatoms. The summed E-state index contributed by atoms with van der Waals surface area (Å²) in [6, 6.07) is 9.92. The van der Waals surface area contributed by atoms with Crippen molar-refractivity contribution in [3.8, 4) is 0 Å². The highest BCUT2D eigenvalue weighted by Crippen LogP contribution is 2.36. The van der Waals surface area contributed by atoms with E-state index >= 15 is 0 Å². The van der Waals surface area contributed by atoms with Gasteiger partial charge in [-0.05, 0) is 64.5 Å². The van der Waals surface area contributed by atoms with Crippen LogP contribution in [0.4, 0.5) is 0 Å². The molecule has 0 saturated heterocycles. The zero-order valence-corrected chi connectivity index (χ0v) is 19.9. The average molecular weight is 448 g/mol. The molecule has 174 valence electrons. The lowest BCUT2D eigenvalue weighted by molar-refractivity contribution is 0.0935. The molecule has 0 unspecified atom stereocenters. The van der Waals surface area contributed by atoms with Gasteiger partial charge in [-0.1, -0.05) is 18.2 Å². The van der Waals surface area contributed by atoms with Gasteiger partial charge in [-0.25, -0.2) is 0 Å². The minimum Gasteiger partial charge on any atom is -0.352 e. The second kappa shape index (κ2) is 9.73. The molecule has 2 heterocycles. The van der Waals surface area contributed by atoms with Gasteiger partial charge in [0.25, 0.3) is 11.8 Å². The predicted molar refractivity (Wildman–Crippen MR) is 129 cm³/mol. The summed E-state index contributed by atoms with van der Waals surface area (Å²) in [5, 5.41) is 11.1. The predicted octanol–water partition coefficient (Wildman–Crippen LogP) is 4.12. The number of para-hydroxylation sites is 1. The van der Waals surface area contributed by atoms with E-state index in [9.17, 15) is 9.59 Å². The lowest BCUT2D eigenvalue weighted by Gasteiger charge is -2.28. The number of hydrogen-bond acceptors (Lipinski definition) is 4. The molecule has 1 saturated carbocycles. The number of aryl methyl sites for hydroxylation is 1. The maximum absolute atomic E-state index is 12.9. The van der Waals surface area contributed by atoms with Gasteiger partial charge < -0.3 is 10.6 Å². The first kappa shape index (κ1) is 23.0. The number of fused-ring (bicyclic) bond motifs is 1. The topological polar surface area (TPSA) is 88.9 Å². The Morgan fingerprint density at radius 2 is 1.82 bits per heavy atom. The number of benzene rings is 1. The fourth-order valence-electron chi connectivity index (χ4n) is 4.65. The van der Waals surface area contributed by atoms with Crippen molar-refractivity contribution >= 4 is 22.7 Å². The van der Waals surface area contributed by atoms with Crippen LogP contribution in [-0.4, -0.2) is 39.2 Å². The van der Waals surface area contributed by atoms with E-state index in [-0.39, 0.29) is 17.9 Å². The molecule has 0 radical (unpaired) electrons. The van der Waals surface area contributed by atoms with E-state index in [2.05, 4.69) is 15.7 Å². The number of nitrogens with zero attached hydrogens (tertiary/aromatic N) is 3. The third-order valence-electron chi connectivity index (χ3n) is 6.70. The van der Waals surface area contributed by atoms with Gasteiger partial charge in [-0.3, -0.25) is 19.3 Å². The van der Waals surface area contributed by atoms with Gasteiger partial charge >= 0.3 is 0 Å². The van der Waals surface area contributed by atoms with Gasteiger partial charge in [0, 0.05) is 42.3 Å². The lowest BCUT2D eigenvalue weighted by Crippen LogP contribution is -2.31. The van der Waals surface area contributed by atoms with Gasteiger partial charge in [-0.2, -0.15) is 5.10 Å². The average Bonchev–Trinajstić information content (AvgIpc) is 3.14. The van der Waals surface area contributed by atoms with Crippen molar-refractivity contribution < 1.29 is 9.59 Å². The summed E-state index contributed by atoms with van der Waals surface area (Å²) in [5.41, 5.74) is 4.07. The molecule has 1 aromatic carbocycles. The minimum absolute atomic E-state index is 0.0491. The van der Waals surface area contributed by atoms with E-state index in [1.807, 2.05) is 58.2 Å². The van der Waals surface area contributed by atoms with Gasteiger partial charge in [0.1, 0.15) is 0 Å². The van der Waals surface area contributed by atoms with Gasteiger partial charge in [0.05, 0.1) is 22.8 Å². The molecule has 4 rings (SSSR count). The van der Waals surface area contributed by atoms with Crippen molar-refractivity contribution in [3.63, 3.8) is 0 Å². The summed E-state index contributed by atoms with van der Waals surface area (Å²) in [4.78, 5) is 30.3. The Kier molecular flexibility index (Phi) is 6.77. The lowest BCUT2D eigenvalue weighted by atomic mass is 9.80. The highest BCUT2D eigenvalue weighted by molar-refractivity contribution is 6.06. The van der Waals surface area contributed by atoms with E-state index in [1.54, 1.807) is 10.9 Å². The Morgan fingerprint density at radius 1 is 1.09 bits per heavy atom. The maximum Gasteiger partial charge on any atom is 0.254 e. The maximum atomic E-state index is 12.9. The number of aromatic nitrogens is 3. The first-order chi connectivity index (χ1) is 15.8. The van der Waals surface area contributed by atoms with E-state index in [1.165, 1.54) is 0 Å². The summed E-state index contributed by atoms with van der Waals surface area (Å²) in [5.74, 6) is 0.672. The molecule has 0 atom stereocenters. The van der Waals surface area contributed by atoms with E-state index in [0.717, 1.165) is 48.0 Å². The van der Waals surface area contributed by atoms with Gasteiger partial charge in [-0.15, -0.1) is 0 Å². The van der Waals surface area contributed by atoms with Gasteiger partial charge in [0.2, 0.25) is 0 Å². The number of rotatable bonds is 6. The molecular weight excluding hydrogens is 414 g/mol. The second-order valence-corrected chi connectivity index (χ2v) is 9.43. The second-order valence-electron chi connectivity index (χ2n) is 9.43. The van der Waals surface area contributed by atoms with E-state index in [0.29, 0.717) is 29.5 Å². The summed E-state index contributed by atoms with van der Waals surface area (Å²) in [7, 11) is 1.84. The molecule has 1 aliphatic carbocycles. The van der Waals surface area contributed by atoms with Crippen LogP contribution in [0.1, 0.15) is 77.6 Å². The Balaban J connectivity index is 1.42. The molecule has 0 bridgehead atoms. The monoisotopic (exact) mass is 447 g/mol. The Morgan fingerprint density at radius 3 is 2.48 bits per heavy atom. The largest absolute Gasteiger partial charge is 0.352 e. The first-order valence-corrected chi connectivity index (χ1v) is 11.8. The van der Waals surface area contributed by atoms with Crippen molar-refractivity contribution in [2.75, 3.05) is 6.54 Å². The van der Waals surface area contributed by atoms with E-state index < -0.39 is 0 Å². The van der Waals surface area contributed by atoms with E-state index in [4.69, 9.17) is 4.98 Å².